The van der Waals surface area contributed by atoms with Gasteiger partial charge in [0, 0.05) is 11.6 Å². The maximum atomic E-state index is 13.8. The van der Waals surface area contributed by atoms with Crippen molar-refractivity contribution in [3.05, 3.63) is 51.8 Å². The van der Waals surface area contributed by atoms with Crippen molar-refractivity contribution in [1.82, 2.24) is 25.1 Å². The van der Waals surface area contributed by atoms with Gasteiger partial charge in [-0.15, -0.1) is 11.3 Å². The Hall–Kier alpha value is -2.39. The van der Waals surface area contributed by atoms with Gasteiger partial charge in [-0.2, -0.15) is 5.10 Å². The normalized spacial score (nSPS) is 13.8. The average Bonchev–Trinajstić information content (AvgIpc) is 3.19. The molecule has 2 heterocycles. The Balaban J connectivity index is 1.47. The van der Waals surface area contributed by atoms with E-state index in [1.165, 1.54) is 12.3 Å². The van der Waals surface area contributed by atoms with Crippen LogP contribution in [0, 0.1) is 10.6 Å². The summed E-state index contributed by atoms with van der Waals surface area (Å²) >= 11 is 6.37. The fraction of sp³-hybridized carbons (Fsp3) is 0.250. The molecule has 1 saturated carbocycles. The molecular formula is C16H14FN5OS2. The lowest BCUT2D eigenvalue weighted by molar-refractivity contribution is 0.0953. The number of carbonyl (C=O) groups excluding carboxylic acids is 1. The summed E-state index contributed by atoms with van der Waals surface area (Å²) < 4.78 is 16.4. The van der Waals surface area contributed by atoms with Crippen LogP contribution >= 0.6 is 23.6 Å². The number of benzene rings is 1. The highest BCUT2D eigenvalue weighted by Crippen LogP contribution is 2.35. The van der Waals surface area contributed by atoms with Crippen LogP contribution in [-0.4, -0.2) is 25.7 Å². The third kappa shape index (κ3) is 3.24. The smallest absolute Gasteiger partial charge is 0.263 e. The molecule has 2 aromatic heterocycles. The molecule has 3 aromatic rings. The van der Waals surface area contributed by atoms with Crippen molar-refractivity contribution in [3.8, 4) is 10.6 Å². The summed E-state index contributed by atoms with van der Waals surface area (Å²) in [5.74, 6) is 0.0832. The Labute approximate surface area is 151 Å². The number of thiazole rings is 1. The molecule has 0 atom stereocenters. The molecule has 6 nitrogen and oxygen atoms in total. The number of aromatic nitrogens is 4. The summed E-state index contributed by atoms with van der Waals surface area (Å²) in [6, 6.07) is 6.75. The summed E-state index contributed by atoms with van der Waals surface area (Å²) in [4.78, 5) is 16.9. The summed E-state index contributed by atoms with van der Waals surface area (Å²) in [5, 5.41) is 10.2. The van der Waals surface area contributed by atoms with Gasteiger partial charge >= 0.3 is 0 Å². The van der Waals surface area contributed by atoms with Crippen LogP contribution in [0.15, 0.2) is 30.5 Å². The van der Waals surface area contributed by atoms with Crippen molar-refractivity contribution < 1.29 is 9.18 Å². The Morgan fingerprint density at radius 3 is 3.00 bits per heavy atom. The van der Waals surface area contributed by atoms with Crippen molar-refractivity contribution in [1.29, 1.82) is 0 Å². The topological polar surface area (TPSA) is 75.6 Å². The highest BCUT2D eigenvalue weighted by atomic mass is 32.1. The van der Waals surface area contributed by atoms with E-state index in [2.05, 4.69) is 20.5 Å². The molecule has 25 heavy (non-hydrogen) atoms. The van der Waals surface area contributed by atoms with Gasteiger partial charge in [0.05, 0.1) is 12.7 Å². The zero-order valence-electron chi connectivity index (χ0n) is 13.0. The van der Waals surface area contributed by atoms with E-state index < -0.39 is 0 Å². The predicted octanol–water partition coefficient (Wildman–Crippen LogP) is 3.47. The second-order valence-electron chi connectivity index (χ2n) is 5.74. The number of hydrogen-bond donors (Lipinski definition) is 2. The molecule has 0 unspecified atom stereocenters. The quantitative estimate of drug-likeness (QED) is 0.670. The standard InChI is InChI=1S/C16H14FN5OS2/c17-11-4-2-1-3-10(11)15-19-7-12(25-15)14(23)18-8-13-20-21-16(24)22(13)9-5-6-9/h1-4,7,9H,5-6,8H2,(H,18,23)(H,21,24). The molecule has 0 aliphatic heterocycles. The molecule has 1 aliphatic carbocycles. The van der Waals surface area contributed by atoms with Crippen molar-refractivity contribution in [3.63, 3.8) is 0 Å². The van der Waals surface area contributed by atoms with E-state index in [1.54, 1.807) is 18.2 Å². The van der Waals surface area contributed by atoms with Gasteiger partial charge in [-0.3, -0.25) is 14.5 Å². The Morgan fingerprint density at radius 2 is 2.24 bits per heavy atom. The maximum Gasteiger partial charge on any atom is 0.263 e. The number of amides is 1. The highest BCUT2D eigenvalue weighted by molar-refractivity contribution is 7.71. The summed E-state index contributed by atoms with van der Waals surface area (Å²) in [6.45, 7) is 0.273. The van der Waals surface area contributed by atoms with E-state index in [9.17, 15) is 9.18 Å². The largest absolute Gasteiger partial charge is 0.344 e. The zero-order valence-corrected chi connectivity index (χ0v) is 14.7. The van der Waals surface area contributed by atoms with Gasteiger partial charge < -0.3 is 5.32 Å². The van der Waals surface area contributed by atoms with Crippen molar-refractivity contribution >= 4 is 29.5 Å². The van der Waals surface area contributed by atoms with Crippen LogP contribution in [0.3, 0.4) is 0 Å². The number of H-pyrrole nitrogens is 1. The van der Waals surface area contributed by atoms with Crippen LogP contribution in [0.4, 0.5) is 4.39 Å². The predicted molar refractivity (Wildman–Crippen MR) is 94.4 cm³/mol. The molecule has 128 valence electrons. The van der Waals surface area contributed by atoms with Crippen molar-refractivity contribution in [2.24, 2.45) is 0 Å². The fourth-order valence-corrected chi connectivity index (χ4v) is 3.72. The number of rotatable bonds is 5. The Morgan fingerprint density at radius 1 is 1.44 bits per heavy atom. The fourth-order valence-electron chi connectivity index (χ4n) is 2.56. The van der Waals surface area contributed by atoms with Crippen LogP contribution in [0.25, 0.3) is 10.6 Å². The van der Waals surface area contributed by atoms with Gasteiger partial charge in [-0.25, -0.2) is 9.37 Å². The van der Waals surface area contributed by atoms with Gasteiger partial charge in [0.15, 0.2) is 10.6 Å². The van der Waals surface area contributed by atoms with Crippen molar-refractivity contribution in [2.75, 3.05) is 0 Å². The lowest BCUT2D eigenvalue weighted by atomic mass is 10.2. The number of halogens is 1. The first-order chi connectivity index (χ1) is 12.1. The monoisotopic (exact) mass is 375 g/mol. The summed E-state index contributed by atoms with van der Waals surface area (Å²) in [5.41, 5.74) is 0.390. The lowest BCUT2D eigenvalue weighted by Gasteiger charge is -2.05. The van der Waals surface area contributed by atoms with E-state index in [0.717, 1.165) is 24.2 Å². The number of carbonyl (C=O) groups is 1. The maximum absolute atomic E-state index is 13.8. The highest BCUT2D eigenvalue weighted by Gasteiger charge is 2.27. The molecule has 0 radical (unpaired) electrons. The first kappa shape index (κ1) is 16.1. The molecule has 1 fully saturated rings. The Bertz CT molecular complexity index is 988. The minimum atomic E-state index is -0.358. The summed E-state index contributed by atoms with van der Waals surface area (Å²) in [7, 11) is 0. The molecule has 1 amide bonds. The van der Waals surface area contributed by atoms with E-state index >= 15 is 0 Å². The molecule has 0 saturated heterocycles. The second-order valence-corrected chi connectivity index (χ2v) is 7.16. The first-order valence-electron chi connectivity index (χ1n) is 7.78. The van der Waals surface area contributed by atoms with Gasteiger partial charge in [-0.05, 0) is 37.2 Å². The molecule has 0 bridgehead atoms. The SMILES string of the molecule is O=C(NCc1n[nH]c(=S)n1C1CC1)c1cnc(-c2ccccc2F)s1. The molecule has 9 heteroatoms. The number of aromatic amines is 1. The third-order valence-electron chi connectivity index (χ3n) is 3.93. The zero-order chi connectivity index (χ0) is 17.4. The molecule has 0 spiro atoms. The van der Waals surface area contributed by atoms with Crippen LogP contribution in [0.1, 0.15) is 34.4 Å². The Kier molecular flexibility index (Phi) is 4.18. The van der Waals surface area contributed by atoms with Crippen LogP contribution < -0.4 is 5.32 Å². The minimum Gasteiger partial charge on any atom is -0.344 e. The van der Waals surface area contributed by atoms with Gasteiger partial charge in [0.1, 0.15) is 15.7 Å². The molecular weight excluding hydrogens is 361 g/mol. The van der Waals surface area contributed by atoms with E-state index in [-0.39, 0.29) is 18.3 Å². The molecule has 4 rings (SSSR count). The number of nitrogens with one attached hydrogen (secondary N) is 2. The van der Waals surface area contributed by atoms with Gasteiger partial charge in [0.25, 0.3) is 5.91 Å². The van der Waals surface area contributed by atoms with Crippen LogP contribution in [0.2, 0.25) is 0 Å². The molecule has 2 N–H and O–H groups in total. The lowest BCUT2D eigenvalue weighted by Crippen LogP contribution is -2.24. The number of hydrogen-bond acceptors (Lipinski definition) is 5. The second kappa shape index (κ2) is 6.49. The average molecular weight is 375 g/mol. The van der Waals surface area contributed by atoms with Crippen molar-refractivity contribution in [2.45, 2.75) is 25.4 Å². The van der Waals surface area contributed by atoms with E-state index in [1.807, 2.05) is 4.57 Å². The number of nitrogens with zero attached hydrogens (tertiary/aromatic N) is 3. The van der Waals surface area contributed by atoms with Crippen LogP contribution in [0.5, 0.6) is 0 Å². The summed E-state index contributed by atoms with van der Waals surface area (Å²) in [6.07, 6.45) is 3.62. The van der Waals surface area contributed by atoms with E-state index in [4.69, 9.17) is 12.2 Å². The molecule has 1 aromatic carbocycles. The van der Waals surface area contributed by atoms with E-state index in [0.29, 0.717) is 32.1 Å². The van der Waals surface area contributed by atoms with Gasteiger partial charge in [0.2, 0.25) is 0 Å². The molecule has 1 aliphatic rings. The third-order valence-corrected chi connectivity index (χ3v) is 5.25. The first-order valence-corrected chi connectivity index (χ1v) is 9.00. The van der Waals surface area contributed by atoms with Gasteiger partial charge in [-0.1, -0.05) is 12.1 Å². The minimum absolute atomic E-state index is 0.267. The van der Waals surface area contributed by atoms with Crippen LogP contribution in [-0.2, 0) is 6.54 Å².